The van der Waals surface area contributed by atoms with Gasteiger partial charge in [-0.25, -0.2) is 10.1 Å². The minimum atomic E-state index is -0.578. The molecular formula is C25H20N8O3. The number of carbonyl (C=O) groups is 1. The molecule has 1 amide bonds. The molecule has 0 aliphatic rings. The van der Waals surface area contributed by atoms with Crippen LogP contribution in [0.4, 0.5) is 5.82 Å². The van der Waals surface area contributed by atoms with Crippen LogP contribution in [0, 0.1) is 0 Å². The highest BCUT2D eigenvalue weighted by molar-refractivity contribution is 5.99. The average Bonchev–Trinajstić information content (AvgIpc) is 3.55. The molecule has 0 unspecified atom stereocenters. The van der Waals surface area contributed by atoms with Gasteiger partial charge in [-0.2, -0.15) is 9.78 Å². The van der Waals surface area contributed by atoms with Crippen LogP contribution in [0.25, 0.3) is 28.2 Å². The number of amides is 1. The topological polar surface area (TPSA) is 146 Å². The van der Waals surface area contributed by atoms with Crippen LogP contribution in [0.1, 0.15) is 16.1 Å². The van der Waals surface area contributed by atoms with Gasteiger partial charge in [0.1, 0.15) is 11.4 Å². The van der Waals surface area contributed by atoms with Crippen LogP contribution < -0.4 is 15.9 Å². The second kappa shape index (κ2) is 9.89. The SMILES string of the molecule is COc1cccc(-c2c(C(=O)NN=Cc3ccc(-c4ccccc4)cc3)nnn2-c2nonc2N)c1. The zero-order valence-electron chi connectivity index (χ0n) is 19.1. The molecule has 0 spiro atoms. The molecule has 36 heavy (non-hydrogen) atoms. The Morgan fingerprint density at radius 2 is 1.75 bits per heavy atom. The van der Waals surface area contributed by atoms with Crippen LogP contribution in [0.5, 0.6) is 5.75 Å². The largest absolute Gasteiger partial charge is 0.497 e. The molecule has 11 nitrogen and oxygen atoms in total. The van der Waals surface area contributed by atoms with Crippen molar-refractivity contribution in [1.29, 1.82) is 0 Å². The van der Waals surface area contributed by atoms with Crippen LogP contribution >= 0.6 is 0 Å². The lowest BCUT2D eigenvalue weighted by molar-refractivity contribution is 0.0950. The molecule has 2 heterocycles. The number of hydrogen-bond donors (Lipinski definition) is 2. The molecule has 5 rings (SSSR count). The van der Waals surface area contributed by atoms with Crippen molar-refractivity contribution in [2.75, 3.05) is 12.8 Å². The van der Waals surface area contributed by atoms with Gasteiger partial charge in [-0.3, -0.25) is 4.79 Å². The van der Waals surface area contributed by atoms with E-state index >= 15 is 0 Å². The standard InChI is InChI=1S/C25H20N8O3/c1-35-20-9-5-8-19(14-20)22-21(28-32-33(22)24-23(26)30-36-31-24)25(34)29-27-15-16-10-12-18(13-11-16)17-6-3-2-4-7-17/h2-15H,1H3,(H2,26,30)(H,29,34). The maximum atomic E-state index is 13.0. The third-order valence-electron chi connectivity index (χ3n) is 5.32. The van der Waals surface area contributed by atoms with E-state index in [-0.39, 0.29) is 17.3 Å². The summed E-state index contributed by atoms with van der Waals surface area (Å²) in [5.41, 5.74) is 12.3. The maximum absolute atomic E-state index is 13.0. The third kappa shape index (κ3) is 4.53. The van der Waals surface area contributed by atoms with Crippen molar-refractivity contribution >= 4 is 17.9 Å². The number of nitrogens with zero attached hydrogens (tertiary/aromatic N) is 6. The monoisotopic (exact) mass is 480 g/mol. The van der Waals surface area contributed by atoms with E-state index in [9.17, 15) is 4.79 Å². The first kappa shape index (κ1) is 22.5. The minimum absolute atomic E-state index is 0.00206. The van der Waals surface area contributed by atoms with Crippen molar-refractivity contribution in [1.82, 2.24) is 30.7 Å². The number of ether oxygens (including phenoxy) is 1. The van der Waals surface area contributed by atoms with Gasteiger partial charge in [-0.15, -0.1) is 5.10 Å². The second-order valence-electron chi connectivity index (χ2n) is 7.59. The lowest BCUT2D eigenvalue weighted by Gasteiger charge is -2.07. The van der Waals surface area contributed by atoms with Gasteiger partial charge in [0, 0.05) is 5.56 Å². The molecular weight excluding hydrogens is 460 g/mol. The number of nitrogens with one attached hydrogen (secondary N) is 1. The number of benzene rings is 3. The van der Waals surface area contributed by atoms with Gasteiger partial charge in [0.05, 0.1) is 13.3 Å². The minimum Gasteiger partial charge on any atom is -0.497 e. The predicted molar refractivity (Wildman–Crippen MR) is 133 cm³/mol. The smallest absolute Gasteiger partial charge is 0.294 e. The Balaban J connectivity index is 1.40. The predicted octanol–water partition coefficient (Wildman–Crippen LogP) is 3.34. The first-order valence-corrected chi connectivity index (χ1v) is 10.8. The normalized spacial score (nSPS) is 11.0. The van der Waals surface area contributed by atoms with E-state index in [2.05, 4.69) is 31.2 Å². The van der Waals surface area contributed by atoms with Gasteiger partial charge < -0.3 is 10.5 Å². The first-order chi connectivity index (χ1) is 17.6. The Morgan fingerprint density at radius 1 is 1.00 bits per heavy atom. The van der Waals surface area contributed by atoms with Gasteiger partial charge in [0.15, 0.2) is 5.69 Å². The van der Waals surface area contributed by atoms with Crippen LogP contribution in [-0.2, 0) is 0 Å². The zero-order chi connectivity index (χ0) is 24.9. The van der Waals surface area contributed by atoms with Gasteiger partial charge in [0.25, 0.3) is 5.91 Å². The number of aromatic nitrogens is 5. The van der Waals surface area contributed by atoms with E-state index < -0.39 is 5.91 Å². The van der Waals surface area contributed by atoms with Gasteiger partial charge in [-0.1, -0.05) is 71.9 Å². The van der Waals surface area contributed by atoms with Crippen LogP contribution in [-0.4, -0.2) is 44.5 Å². The fourth-order valence-electron chi connectivity index (χ4n) is 3.56. The summed E-state index contributed by atoms with van der Waals surface area (Å²) in [6.45, 7) is 0. The number of hydrogen-bond acceptors (Lipinski definition) is 9. The van der Waals surface area contributed by atoms with Crippen molar-refractivity contribution in [3.05, 3.63) is 90.1 Å². The van der Waals surface area contributed by atoms with E-state index in [4.69, 9.17) is 15.1 Å². The van der Waals surface area contributed by atoms with Crippen LogP contribution in [0.2, 0.25) is 0 Å². The number of nitrogen functional groups attached to an aromatic ring is 1. The molecule has 0 bridgehead atoms. The van der Waals surface area contributed by atoms with E-state index in [1.807, 2.05) is 54.6 Å². The van der Waals surface area contributed by atoms with Crippen molar-refractivity contribution in [2.24, 2.45) is 5.10 Å². The summed E-state index contributed by atoms with van der Waals surface area (Å²) < 4.78 is 11.3. The molecule has 11 heteroatoms. The third-order valence-corrected chi connectivity index (χ3v) is 5.32. The van der Waals surface area contributed by atoms with E-state index in [1.165, 1.54) is 4.68 Å². The summed E-state index contributed by atoms with van der Waals surface area (Å²) in [5.74, 6) is 0.0930. The summed E-state index contributed by atoms with van der Waals surface area (Å²) >= 11 is 0. The van der Waals surface area contributed by atoms with Gasteiger partial charge in [0.2, 0.25) is 11.6 Å². The number of nitrogens with two attached hydrogens (primary N) is 1. The van der Waals surface area contributed by atoms with Crippen LogP contribution in [0.3, 0.4) is 0 Å². The van der Waals surface area contributed by atoms with Crippen molar-refractivity contribution in [2.45, 2.75) is 0 Å². The molecule has 3 N–H and O–H groups in total. The molecule has 0 fully saturated rings. The summed E-state index contributed by atoms with van der Waals surface area (Å²) in [7, 11) is 1.54. The van der Waals surface area contributed by atoms with E-state index in [0.717, 1.165) is 16.7 Å². The zero-order valence-corrected chi connectivity index (χ0v) is 19.1. The Bertz CT molecular complexity index is 1520. The van der Waals surface area contributed by atoms with Crippen molar-refractivity contribution < 1.29 is 14.2 Å². The quantitative estimate of drug-likeness (QED) is 0.266. The Hall–Kier alpha value is -5.32. The maximum Gasteiger partial charge on any atom is 0.294 e. The second-order valence-corrected chi connectivity index (χ2v) is 7.59. The molecule has 2 aromatic heterocycles. The Morgan fingerprint density at radius 3 is 2.47 bits per heavy atom. The van der Waals surface area contributed by atoms with E-state index in [0.29, 0.717) is 17.0 Å². The highest BCUT2D eigenvalue weighted by atomic mass is 16.6. The number of methoxy groups -OCH3 is 1. The lowest BCUT2D eigenvalue weighted by Crippen LogP contribution is -2.19. The molecule has 0 saturated carbocycles. The summed E-state index contributed by atoms with van der Waals surface area (Å²) in [5, 5.41) is 19.5. The molecule has 0 aliphatic carbocycles. The Kier molecular flexibility index (Phi) is 6.17. The number of anilines is 1. The molecule has 0 atom stereocenters. The molecule has 0 radical (unpaired) electrons. The highest BCUT2D eigenvalue weighted by Gasteiger charge is 2.25. The van der Waals surface area contributed by atoms with Gasteiger partial charge >= 0.3 is 0 Å². The number of hydrazone groups is 1. The molecule has 0 saturated heterocycles. The fourth-order valence-corrected chi connectivity index (χ4v) is 3.56. The summed E-state index contributed by atoms with van der Waals surface area (Å²) in [4.78, 5) is 13.0. The van der Waals surface area contributed by atoms with E-state index in [1.54, 1.807) is 37.6 Å². The molecule has 5 aromatic rings. The highest BCUT2D eigenvalue weighted by Crippen LogP contribution is 2.29. The summed E-state index contributed by atoms with van der Waals surface area (Å²) in [6, 6.07) is 24.9. The van der Waals surface area contributed by atoms with Crippen LogP contribution in [0.15, 0.2) is 88.6 Å². The molecule has 3 aromatic carbocycles. The lowest BCUT2D eigenvalue weighted by atomic mass is 10.0. The average molecular weight is 480 g/mol. The Labute approximate surface area is 205 Å². The molecule has 178 valence electrons. The number of carbonyl (C=O) groups excluding carboxylic acids is 1. The molecule has 0 aliphatic heterocycles. The van der Waals surface area contributed by atoms with Crippen molar-refractivity contribution in [3.63, 3.8) is 0 Å². The summed E-state index contributed by atoms with van der Waals surface area (Å²) in [6.07, 6.45) is 1.54. The van der Waals surface area contributed by atoms with Crippen molar-refractivity contribution in [3.8, 4) is 34.0 Å². The first-order valence-electron chi connectivity index (χ1n) is 10.8. The van der Waals surface area contributed by atoms with Gasteiger partial charge in [-0.05, 0) is 39.1 Å². The fraction of sp³-hybridized carbons (Fsp3) is 0.0400. The number of rotatable bonds is 7.